The second-order valence-corrected chi connectivity index (χ2v) is 12.9. The zero-order valence-electron chi connectivity index (χ0n) is 26.8. The van der Waals surface area contributed by atoms with Gasteiger partial charge in [-0.1, -0.05) is 67.8 Å². The number of aryl methyl sites for hydroxylation is 1. The van der Waals surface area contributed by atoms with Gasteiger partial charge >= 0.3 is 12.2 Å². The number of fused-ring (bicyclic) bond motifs is 1. The number of aromatic nitrogens is 1. The van der Waals surface area contributed by atoms with Gasteiger partial charge in [0.15, 0.2) is 0 Å². The molecule has 3 aromatic rings. The minimum atomic E-state index is -1.16. The molecular weight excluding hydrogens is 572 g/mol. The van der Waals surface area contributed by atoms with Gasteiger partial charge in [-0.15, -0.1) is 0 Å². The number of hydrogen-bond acceptors (Lipinski definition) is 5. The molecule has 1 aromatic heterocycles. The number of carboxylic acid groups (broad SMARTS) is 1. The van der Waals surface area contributed by atoms with Gasteiger partial charge in [-0.05, 0) is 63.1 Å². The van der Waals surface area contributed by atoms with Gasteiger partial charge in [0.2, 0.25) is 5.91 Å². The second-order valence-electron chi connectivity index (χ2n) is 12.9. The van der Waals surface area contributed by atoms with E-state index in [2.05, 4.69) is 5.32 Å². The molecule has 3 amide bonds. The summed E-state index contributed by atoms with van der Waals surface area (Å²) in [5, 5.41) is 13.7. The molecule has 1 heterocycles. The summed E-state index contributed by atoms with van der Waals surface area (Å²) in [6.45, 7) is 5.38. The highest BCUT2D eigenvalue weighted by Crippen LogP contribution is 2.28. The topological polar surface area (TPSA) is 121 Å². The summed E-state index contributed by atoms with van der Waals surface area (Å²) in [6, 6.07) is 18.6. The molecule has 0 bridgehead atoms. The molecule has 1 unspecified atom stereocenters. The van der Waals surface area contributed by atoms with Gasteiger partial charge < -0.3 is 29.5 Å². The summed E-state index contributed by atoms with van der Waals surface area (Å²) >= 11 is 0. The van der Waals surface area contributed by atoms with E-state index in [0.717, 1.165) is 48.6 Å². The number of rotatable bonds is 11. The van der Waals surface area contributed by atoms with Gasteiger partial charge in [-0.25, -0.2) is 9.59 Å². The van der Waals surface area contributed by atoms with Gasteiger partial charge in [0.05, 0.1) is 18.1 Å². The average molecular weight is 619 g/mol. The van der Waals surface area contributed by atoms with Crippen molar-refractivity contribution in [3.05, 3.63) is 82.1 Å². The zero-order valence-corrected chi connectivity index (χ0v) is 26.8. The largest absolute Gasteiger partial charge is 0.465 e. The molecule has 45 heavy (non-hydrogen) atoms. The van der Waals surface area contributed by atoms with Crippen molar-refractivity contribution in [2.24, 2.45) is 13.0 Å². The van der Waals surface area contributed by atoms with E-state index >= 15 is 0 Å². The number of pyridine rings is 1. The van der Waals surface area contributed by atoms with Crippen LogP contribution in [0.25, 0.3) is 10.9 Å². The van der Waals surface area contributed by atoms with E-state index in [-0.39, 0.29) is 43.6 Å². The number of benzene rings is 2. The fourth-order valence-corrected chi connectivity index (χ4v) is 6.04. The van der Waals surface area contributed by atoms with Crippen LogP contribution in [0, 0.1) is 5.92 Å². The molecule has 1 atom stereocenters. The highest BCUT2D eigenvalue weighted by atomic mass is 16.6. The maximum atomic E-state index is 14.4. The molecule has 2 N–H and O–H groups in total. The Morgan fingerprint density at radius 2 is 1.69 bits per heavy atom. The van der Waals surface area contributed by atoms with Crippen LogP contribution in [-0.2, 0) is 29.5 Å². The van der Waals surface area contributed by atoms with Crippen LogP contribution in [0.1, 0.15) is 64.0 Å². The fraction of sp³-hybridized carbons (Fsp3) is 0.486. The molecule has 4 rings (SSSR count). The highest BCUT2D eigenvalue weighted by Gasteiger charge is 2.33. The van der Waals surface area contributed by atoms with Crippen molar-refractivity contribution < 1.29 is 24.2 Å². The molecule has 0 aliphatic heterocycles. The first-order valence-electron chi connectivity index (χ1n) is 15.8. The number of carbonyl (C=O) groups is 3. The van der Waals surface area contributed by atoms with Crippen LogP contribution in [0.4, 0.5) is 9.59 Å². The predicted molar refractivity (Wildman–Crippen MR) is 174 cm³/mol. The first-order valence-corrected chi connectivity index (χ1v) is 15.8. The first kappa shape index (κ1) is 33.6. The Bertz CT molecular complexity index is 1520. The van der Waals surface area contributed by atoms with Crippen LogP contribution in [0.5, 0.6) is 0 Å². The molecule has 10 heteroatoms. The number of hydrogen-bond donors (Lipinski definition) is 2. The summed E-state index contributed by atoms with van der Waals surface area (Å²) in [4.78, 5) is 55.7. The highest BCUT2D eigenvalue weighted by molar-refractivity contribution is 5.81. The van der Waals surface area contributed by atoms with E-state index in [1.807, 2.05) is 60.7 Å². The van der Waals surface area contributed by atoms with E-state index in [0.29, 0.717) is 12.0 Å². The smallest absolute Gasteiger partial charge is 0.407 e. The summed E-state index contributed by atoms with van der Waals surface area (Å²) in [5.74, 6) is -0.239. The lowest BCUT2D eigenvalue weighted by Crippen LogP contribution is -2.52. The minimum absolute atomic E-state index is 0.00304. The van der Waals surface area contributed by atoms with Crippen molar-refractivity contribution in [3.8, 4) is 0 Å². The summed E-state index contributed by atoms with van der Waals surface area (Å²) in [7, 11) is 1.73. The van der Waals surface area contributed by atoms with Crippen molar-refractivity contribution >= 4 is 29.0 Å². The third kappa shape index (κ3) is 9.33. The van der Waals surface area contributed by atoms with E-state index in [1.165, 1.54) is 4.90 Å². The Labute approximate surface area is 265 Å². The number of amides is 3. The van der Waals surface area contributed by atoms with Crippen molar-refractivity contribution in [2.45, 2.75) is 77.5 Å². The third-order valence-corrected chi connectivity index (χ3v) is 8.29. The van der Waals surface area contributed by atoms with Gasteiger partial charge in [0.25, 0.3) is 5.56 Å². The molecule has 0 spiro atoms. The molecule has 1 fully saturated rings. The lowest BCUT2D eigenvalue weighted by molar-refractivity contribution is -0.140. The van der Waals surface area contributed by atoms with Crippen LogP contribution < -0.4 is 10.9 Å². The number of ether oxygens (including phenoxy) is 1. The molecular formula is C35H46N4O6. The number of nitrogens with one attached hydrogen (secondary N) is 1. The Hall–Kier alpha value is -4.34. The molecule has 242 valence electrons. The Balaban J connectivity index is 1.68. The fourth-order valence-electron chi connectivity index (χ4n) is 6.04. The molecule has 0 saturated heterocycles. The van der Waals surface area contributed by atoms with Crippen LogP contribution in [-0.4, -0.2) is 68.8 Å². The van der Waals surface area contributed by atoms with Crippen LogP contribution in [0.2, 0.25) is 0 Å². The van der Waals surface area contributed by atoms with Crippen molar-refractivity contribution in [1.29, 1.82) is 0 Å². The number of para-hydroxylation sites is 1. The molecule has 2 aromatic carbocycles. The monoisotopic (exact) mass is 618 g/mol. The standard InChI is InChI=1S/C35H46N4O6/c1-35(2,3)45-33(42)36-19-20-38(34(43)44)24-29(21-25-13-7-5-8-14-25)39(32(41)26-15-9-6-10-16-26)23-28-22-27-17-11-12-18-30(27)37(4)31(28)40/h5,7-8,11-14,17-18,22,26,29H,6,9-10,15-16,19-21,23-24H2,1-4H3,(H,36,42)(H,43,44). The molecule has 10 nitrogen and oxygen atoms in total. The quantitative estimate of drug-likeness (QED) is 0.290. The van der Waals surface area contributed by atoms with Crippen LogP contribution in [0.15, 0.2) is 65.5 Å². The number of carbonyl (C=O) groups excluding carboxylic acids is 2. The molecule has 0 radical (unpaired) electrons. The van der Waals surface area contributed by atoms with Crippen molar-refractivity contribution in [2.75, 3.05) is 19.6 Å². The zero-order chi connectivity index (χ0) is 32.6. The Morgan fingerprint density at radius 3 is 2.36 bits per heavy atom. The van der Waals surface area contributed by atoms with E-state index in [4.69, 9.17) is 4.74 Å². The Kier molecular flexibility index (Phi) is 11.3. The van der Waals surface area contributed by atoms with Gasteiger partial charge in [0, 0.05) is 38.2 Å². The third-order valence-electron chi connectivity index (χ3n) is 8.29. The summed E-state index contributed by atoms with van der Waals surface area (Å²) in [6.07, 6.45) is 3.15. The molecule has 1 aliphatic carbocycles. The molecule has 1 aliphatic rings. The predicted octanol–water partition coefficient (Wildman–Crippen LogP) is 5.56. The number of alkyl carbamates (subject to hydrolysis) is 1. The summed E-state index contributed by atoms with van der Waals surface area (Å²) in [5.41, 5.74) is 1.36. The van der Waals surface area contributed by atoms with E-state index in [1.54, 1.807) is 37.3 Å². The van der Waals surface area contributed by atoms with Crippen LogP contribution in [0.3, 0.4) is 0 Å². The lowest BCUT2D eigenvalue weighted by atomic mass is 9.87. The van der Waals surface area contributed by atoms with E-state index < -0.39 is 23.8 Å². The Morgan fingerprint density at radius 1 is 1.02 bits per heavy atom. The van der Waals surface area contributed by atoms with Crippen molar-refractivity contribution in [3.63, 3.8) is 0 Å². The maximum absolute atomic E-state index is 14.4. The first-order chi connectivity index (χ1) is 21.4. The SMILES string of the molecule is Cn1c(=O)c(CN(C(=O)C2CCCCC2)C(Cc2ccccc2)CN(CCNC(=O)OC(C)(C)C)C(=O)O)cc2ccccc21. The van der Waals surface area contributed by atoms with Crippen molar-refractivity contribution in [1.82, 2.24) is 19.7 Å². The van der Waals surface area contributed by atoms with Gasteiger partial charge in [0.1, 0.15) is 5.60 Å². The summed E-state index contributed by atoms with van der Waals surface area (Å²) < 4.78 is 6.90. The van der Waals surface area contributed by atoms with Gasteiger partial charge in [-0.2, -0.15) is 0 Å². The van der Waals surface area contributed by atoms with E-state index in [9.17, 15) is 24.3 Å². The van der Waals surface area contributed by atoms with Crippen LogP contribution >= 0.6 is 0 Å². The molecule has 1 saturated carbocycles. The lowest BCUT2D eigenvalue weighted by Gasteiger charge is -2.38. The average Bonchev–Trinajstić information content (AvgIpc) is 3.01. The number of nitrogens with zero attached hydrogens (tertiary/aromatic N) is 3. The maximum Gasteiger partial charge on any atom is 0.407 e. The normalized spacial score (nSPS) is 14.5. The second kappa shape index (κ2) is 15.1. The minimum Gasteiger partial charge on any atom is -0.465 e. The van der Waals surface area contributed by atoms with Gasteiger partial charge in [-0.3, -0.25) is 9.59 Å².